The molecule has 1 aromatic heterocycles. The zero-order valence-electron chi connectivity index (χ0n) is 8.60. The van der Waals surface area contributed by atoms with E-state index in [1.165, 1.54) is 0 Å². The quantitative estimate of drug-likeness (QED) is 0.785. The molecule has 1 aromatic carbocycles. The molecule has 2 nitrogen and oxygen atoms in total. The van der Waals surface area contributed by atoms with Crippen molar-refractivity contribution in [3.63, 3.8) is 0 Å². The van der Waals surface area contributed by atoms with Crippen LogP contribution < -0.4 is 0 Å². The van der Waals surface area contributed by atoms with E-state index in [2.05, 4.69) is 35.8 Å². The zero-order valence-corrected chi connectivity index (χ0v) is 9.42. The molecule has 0 spiro atoms. The van der Waals surface area contributed by atoms with Crippen molar-refractivity contribution < 1.29 is 0 Å². The van der Waals surface area contributed by atoms with Gasteiger partial charge in [0.2, 0.25) is 0 Å². The summed E-state index contributed by atoms with van der Waals surface area (Å²) in [6.45, 7) is 5.81. The average Bonchev–Trinajstić information content (AvgIpc) is 2.78. The molecular weight excluding hydrogens is 204 g/mol. The summed E-state index contributed by atoms with van der Waals surface area (Å²) in [5.41, 5.74) is 2.25. The van der Waals surface area contributed by atoms with Crippen LogP contribution in [0.25, 0.3) is 16.6 Å². The van der Waals surface area contributed by atoms with Gasteiger partial charge in [-0.3, -0.25) is 0 Å². The van der Waals surface area contributed by atoms with Crippen molar-refractivity contribution in [2.24, 2.45) is 0 Å². The van der Waals surface area contributed by atoms with Gasteiger partial charge in [0, 0.05) is 5.56 Å². The maximum absolute atomic E-state index is 4.16. The highest BCUT2D eigenvalue weighted by atomic mass is 32.1. The number of aromatic nitrogens is 2. The molecule has 0 bridgehead atoms. The fourth-order valence-electron chi connectivity index (χ4n) is 1.27. The second-order valence-electron chi connectivity index (χ2n) is 3.18. The monoisotopic (exact) mass is 216 g/mol. The van der Waals surface area contributed by atoms with Gasteiger partial charge in [-0.25, -0.2) is 0 Å². The van der Waals surface area contributed by atoms with Crippen molar-refractivity contribution in [1.29, 1.82) is 0 Å². The van der Waals surface area contributed by atoms with Crippen molar-refractivity contribution in [3.05, 3.63) is 41.4 Å². The lowest BCUT2D eigenvalue weighted by molar-refractivity contribution is 0.986. The molecule has 0 saturated heterocycles. The molecule has 2 rings (SSSR count). The van der Waals surface area contributed by atoms with Crippen LogP contribution in [0.15, 0.2) is 30.8 Å². The van der Waals surface area contributed by atoms with E-state index in [1.807, 2.05) is 18.2 Å². The number of aryl methyl sites for hydroxylation is 1. The molecule has 0 saturated carbocycles. The van der Waals surface area contributed by atoms with Crippen LogP contribution in [0.4, 0.5) is 0 Å². The van der Waals surface area contributed by atoms with Crippen LogP contribution in [0, 0.1) is 0 Å². The SMILES string of the molecule is C=Cc1ccc(-c2nnc(CC)s2)cc1. The summed E-state index contributed by atoms with van der Waals surface area (Å²) < 4.78 is 0. The Hall–Kier alpha value is -1.48. The number of rotatable bonds is 3. The van der Waals surface area contributed by atoms with Gasteiger partial charge in [-0.05, 0) is 12.0 Å². The minimum absolute atomic E-state index is 0.947. The molecule has 0 atom stereocenters. The first-order chi connectivity index (χ1) is 7.33. The van der Waals surface area contributed by atoms with Crippen molar-refractivity contribution in [3.8, 4) is 10.6 Å². The number of hydrogen-bond acceptors (Lipinski definition) is 3. The summed E-state index contributed by atoms with van der Waals surface area (Å²) in [5, 5.41) is 10.3. The van der Waals surface area contributed by atoms with Crippen molar-refractivity contribution in [2.45, 2.75) is 13.3 Å². The van der Waals surface area contributed by atoms with Gasteiger partial charge >= 0.3 is 0 Å². The fourth-order valence-corrected chi connectivity index (χ4v) is 2.06. The van der Waals surface area contributed by atoms with Gasteiger partial charge < -0.3 is 0 Å². The molecule has 0 aliphatic heterocycles. The molecule has 3 heteroatoms. The summed E-state index contributed by atoms with van der Waals surface area (Å²) in [4.78, 5) is 0. The lowest BCUT2D eigenvalue weighted by Gasteiger charge is -1.95. The summed E-state index contributed by atoms with van der Waals surface area (Å²) in [6, 6.07) is 8.18. The molecule has 0 N–H and O–H groups in total. The highest BCUT2D eigenvalue weighted by Gasteiger charge is 2.04. The average molecular weight is 216 g/mol. The maximum atomic E-state index is 4.16. The highest BCUT2D eigenvalue weighted by Crippen LogP contribution is 2.23. The Kier molecular flexibility index (Phi) is 2.92. The topological polar surface area (TPSA) is 25.8 Å². The van der Waals surface area contributed by atoms with Crippen molar-refractivity contribution in [1.82, 2.24) is 10.2 Å². The van der Waals surface area contributed by atoms with E-state index in [0.29, 0.717) is 0 Å². The molecule has 0 unspecified atom stereocenters. The van der Waals surface area contributed by atoms with E-state index in [4.69, 9.17) is 0 Å². The second kappa shape index (κ2) is 4.36. The van der Waals surface area contributed by atoms with Gasteiger partial charge in [0.05, 0.1) is 0 Å². The van der Waals surface area contributed by atoms with Crippen LogP contribution >= 0.6 is 11.3 Å². The van der Waals surface area contributed by atoms with Crippen LogP contribution in [0.3, 0.4) is 0 Å². The third kappa shape index (κ3) is 2.13. The van der Waals surface area contributed by atoms with Crippen molar-refractivity contribution in [2.75, 3.05) is 0 Å². The van der Waals surface area contributed by atoms with Gasteiger partial charge in [-0.15, -0.1) is 10.2 Å². The third-order valence-corrected chi connectivity index (χ3v) is 3.28. The number of nitrogens with zero attached hydrogens (tertiary/aromatic N) is 2. The first-order valence-electron chi connectivity index (χ1n) is 4.88. The van der Waals surface area contributed by atoms with Crippen LogP contribution in [-0.4, -0.2) is 10.2 Å². The molecule has 0 radical (unpaired) electrons. The molecule has 0 fully saturated rings. The normalized spacial score (nSPS) is 10.2. The van der Waals surface area contributed by atoms with E-state index < -0.39 is 0 Å². The first kappa shape index (κ1) is 10.1. The predicted octanol–water partition coefficient (Wildman–Crippen LogP) is 3.41. The largest absolute Gasteiger partial charge is 0.147 e. The minimum Gasteiger partial charge on any atom is -0.143 e. The molecule has 2 aromatic rings. The van der Waals surface area contributed by atoms with Crippen LogP contribution in [0.1, 0.15) is 17.5 Å². The first-order valence-corrected chi connectivity index (χ1v) is 5.70. The number of hydrogen-bond donors (Lipinski definition) is 0. The van der Waals surface area contributed by atoms with E-state index in [9.17, 15) is 0 Å². The standard InChI is InChI=1S/C12H12N2S/c1-3-9-5-7-10(8-6-9)12-14-13-11(4-2)15-12/h3,5-8H,1,4H2,2H3. The molecule has 15 heavy (non-hydrogen) atoms. The van der Waals surface area contributed by atoms with E-state index in [0.717, 1.165) is 27.6 Å². The Balaban J connectivity index is 2.32. The Bertz CT molecular complexity index is 457. The molecule has 0 aliphatic rings. The lowest BCUT2D eigenvalue weighted by atomic mass is 10.1. The Morgan fingerprint density at radius 2 is 2.00 bits per heavy atom. The summed E-state index contributed by atoms with van der Waals surface area (Å²) in [7, 11) is 0. The fraction of sp³-hybridized carbons (Fsp3) is 0.167. The lowest BCUT2D eigenvalue weighted by Crippen LogP contribution is -1.78. The Labute approximate surface area is 93.3 Å². The zero-order chi connectivity index (χ0) is 10.7. The maximum Gasteiger partial charge on any atom is 0.147 e. The summed E-state index contributed by atoms with van der Waals surface area (Å²) >= 11 is 1.65. The molecule has 0 aliphatic carbocycles. The van der Waals surface area contributed by atoms with E-state index in [-0.39, 0.29) is 0 Å². The molecule has 1 heterocycles. The number of benzene rings is 1. The van der Waals surface area contributed by atoms with Crippen molar-refractivity contribution >= 4 is 17.4 Å². The predicted molar refractivity (Wildman–Crippen MR) is 64.8 cm³/mol. The Morgan fingerprint density at radius 3 is 2.53 bits per heavy atom. The van der Waals surface area contributed by atoms with Gasteiger partial charge in [-0.1, -0.05) is 55.2 Å². The summed E-state index contributed by atoms with van der Waals surface area (Å²) in [6.07, 6.45) is 2.78. The summed E-state index contributed by atoms with van der Waals surface area (Å²) in [5.74, 6) is 0. The van der Waals surface area contributed by atoms with E-state index >= 15 is 0 Å². The van der Waals surface area contributed by atoms with Crippen LogP contribution in [0.2, 0.25) is 0 Å². The molecule has 0 amide bonds. The molecular formula is C12H12N2S. The van der Waals surface area contributed by atoms with Gasteiger partial charge in [0.25, 0.3) is 0 Å². The van der Waals surface area contributed by atoms with Crippen LogP contribution in [-0.2, 0) is 6.42 Å². The van der Waals surface area contributed by atoms with Crippen LogP contribution in [0.5, 0.6) is 0 Å². The van der Waals surface area contributed by atoms with Gasteiger partial charge in [0.1, 0.15) is 10.0 Å². The van der Waals surface area contributed by atoms with Gasteiger partial charge in [0.15, 0.2) is 0 Å². The van der Waals surface area contributed by atoms with E-state index in [1.54, 1.807) is 11.3 Å². The highest BCUT2D eigenvalue weighted by molar-refractivity contribution is 7.14. The smallest absolute Gasteiger partial charge is 0.143 e. The minimum atomic E-state index is 0.947. The van der Waals surface area contributed by atoms with Gasteiger partial charge in [-0.2, -0.15) is 0 Å². The third-order valence-electron chi connectivity index (χ3n) is 2.16. The second-order valence-corrected chi connectivity index (χ2v) is 4.24. The molecule has 76 valence electrons. The Morgan fingerprint density at radius 1 is 1.27 bits per heavy atom.